The third-order valence-electron chi connectivity index (χ3n) is 10.2. The van der Waals surface area contributed by atoms with Crippen molar-refractivity contribution in [3.8, 4) is 23.0 Å². The maximum absolute atomic E-state index is 16.0. The summed E-state index contributed by atoms with van der Waals surface area (Å²) in [6.45, 7) is 1.47. The van der Waals surface area contributed by atoms with E-state index in [1.807, 2.05) is 55.5 Å². The summed E-state index contributed by atoms with van der Waals surface area (Å²) in [5.74, 6) is -5.12. The fourth-order valence-electron chi connectivity index (χ4n) is 7.12. The van der Waals surface area contributed by atoms with Crippen LogP contribution in [0.5, 0.6) is 11.6 Å². The van der Waals surface area contributed by atoms with Crippen molar-refractivity contribution in [1.29, 1.82) is 0 Å². The summed E-state index contributed by atoms with van der Waals surface area (Å²) in [4.78, 5) is 48.1. The highest BCUT2D eigenvalue weighted by molar-refractivity contribution is 5.80. The molecule has 12 nitrogen and oxygen atoms in total. The topological polar surface area (TPSA) is 153 Å². The number of carbonyl (C=O) groups is 1. The number of benzene rings is 2. The second kappa shape index (κ2) is 15.0. The number of nitrogens with two attached hydrogens (primary N) is 1. The van der Waals surface area contributed by atoms with Crippen molar-refractivity contribution >= 4 is 11.6 Å². The maximum atomic E-state index is 16.0. The Hall–Kier alpha value is -5.67. The zero-order valence-electron chi connectivity index (χ0n) is 29.5. The van der Waals surface area contributed by atoms with E-state index in [2.05, 4.69) is 19.9 Å². The molecule has 5 aromatic rings. The first-order chi connectivity index (χ1) is 25.9. The number of rotatable bonds is 9. The van der Waals surface area contributed by atoms with Gasteiger partial charge < -0.3 is 20.5 Å². The number of carbonyl (C=O) groups excluding carboxylic acids is 1. The second-order valence-electron chi connectivity index (χ2n) is 13.9. The molecule has 2 saturated heterocycles. The monoisotopic (exact) mass is 740 g/mol. The summed E-state index contributed by atoms with van der Waals surface area (Å²) in [6, 6.07) is 20.1. The molecule has 7 rings (SSSR count). The van der Waals surface area contributed by atoms with Crippen LogP contribution in [0, 0.1) is 18.7 Å². The molecule has 2 aliphatic heterocycles. The highest BCUT2D eigenvalue weighted by atomic mass is 19.3. The van der Waals surface area contributed by atoms with E-state index in [0.29, 0.717) is 31.9 Å². The third kappa shape index (κ3) is 7.68. The van der Waals surface area contributed by atoms with Crippen LogP contribution >= 0.6 is 0 Å². The summed E-state index contributed by atoms with van der Waals surface area (Å²) in [5, 5.41) is 11.3. The van der Waals surface area contributed by atoms with Gasteiger partial charge in [0.05, 0.1) is 18.8 Å². The number of aryl methyl sites for hydroxylation is 1. The Labute approximate surface area is 309 Å². The van der Waals surface area contributed by atoms with Crippen LogP contribution in [-0.4, -0.2) is 83.0 Å². The summed E-state index contributed by atoms with van der Waals surface area (Å²) in [6.07, 6.45) is 4.34. The van der Waals surface area contributed by atoms with E-state index in [-0.39, 0.29) is 24.1 Å². The van der Waals surface area contributed by atoms with Gasteiger partial charge in [0.15, 0.2) is 11.5 Å². The Kier molecular flexibility index (Phi) is 10.2. The maximum Gasteiger partial charge on any atom is 0.295 e. The third-order valence-corrected chi connectivity index (χ3v) is 10.2. The van der Waals surface area contributed by atoms with Gasteiger partial charge in [-0.3, -0.25) is 24.0 Å². The first-order valence-corrected chi connectivity index (χ1v) is 17.6. The number of ether oxygens (including phenoxy) is 1. The quantitative estimate of drug-likeness (QED) is 0.215. The van der Waals surface area contributed by atoms with Crippen molar-refractivity contribution in [2.45, 2.75) is 50.3 Å². The minimum Gasteiger partial charge on any atom is -0.437 e. The first kappa shape index (κ1) is 36.7. The Morgan fingerprint density at radius 2 is 1.80 bits per heavy atom. The number of alkyl halides is 2. The van der Waals surface area contributed by atoms with Gasteiger partial charge in [0.2, 0.25) is 11.8 Å². The van der Waals surface area contributed by atoms with Crippen molar-refractivity contribution in [2.75, 3.05) is 31.9 Å². The fourth-order valence-corrected chi connectivity index (χ4v) is 7.12. The molecule has 2 fully saturated rings. The summed E-state index contributed by atoms with van der Waals surface area (Å²) in [7, 11) is 0. The van der Waals surface area contributed by atoms with Crippen LogP contribution in [-0.2, 0) is 17.9 Å². The number of likely N-dealkylation sites (tertiary alicyclic amines) is 2. The van der Waals surface area contributed by atoms with E-state index < -0.39 is 59.9 Å². The predicted molar refractivity (Wildman–Crippen MR) is 193 cm³/mol. The molecule has 3 atom stereocenters. The Balaban J connectivity index is 1.04. The van der Waals surface area contributed by atoms with Crippen LogP contribution in [0.2, 0.25) is 0 Å². The number of aromatic nitrogens is 5. The fraction of sp³-hybridized carbons (Fsp3) is 0.333. The van der Waals surface area contributed by atoms with E-state index in [9.17, 15) is 19.1 Å². The van der Waals surface area contributed by atoms with Gasteiger partial charge in [-0.25, -0.2) is 28.1 Å². The molecular weight excluding hydrogens is 701 g/mol. The van der Waals surface area contributed by atoms with Gasteiger partial charge in [0.1, 0.15) is 23.5 Å². The van der Waals surface area contributed by atoms with Gasteiger partial charge in [-0.05, 0) is 67.9 Å². The molecule has 0 bridgehead atoms. The lowest BCUT2D eigenvalue weighted by molar-refractivity contribution is -0.223. The molecule has 5 heterocycles. The normalized spacial score (nSPS) is 21.5. The molecule has 280 valence electrons. The van der Waals surface area contributed by atoms with Crippen LogP contribution in [0.3, 0.4) is 0 Å². The van der Waals surface area contributed by atoms with Crippen molar-refractivity contribution in [2.24, 2.45) is 5.92 Å². The highest BCUT2D eigenvalue weighted by Crippen LogP contribution is 2.41. The summed E-state index contributed by atoms with van der Waals surface area (Å²) < 4.78 is 51.5. The molecular formula is C39H39F3N8O4. The van der Waals surface area contributed by atoms with Gasteiger partial charge in [-0.1, -0.05) is 30.3 Å². The van der Waals surface area contributed by atoms with Gasteiger partial charge in [-0.15, -0.1) is 0 Å². The molecule has 0 aliphatic carbocycles. The molecule has 0 radical (unpaired) electrons. The van der Waals surface area contributed by atoms with Gasteiger partial charge >= 0.3 is 0 Å². The average molecular weight is 741 g/mol. The summed E-state index contributed by atoms with van der Waals surface area (Å²) >= 11 is 0. The minimum absolute atomic E-state index is 0.145. The van der Waals surface area contributed by atoms with Crippen LogP contribution in [0.15, 0.2) is 96.3 Å². The van der Waals surface area contributed by atoms with Crippen LogP contribution in [0.1, 0.15) is 35.7 Å². The van der Waals surface area contributed by atoms with E-state index in [1.165, 1.54) is 12.1 Å². The van der Waals surface area contributed by atoms with E-state index in [1.54, 1.807) is 12.4 Å². The highest BCUT2D eigenvalue weighted by Gasteiger charge is 2.57. The second-order valence-corrected chi connectivity index (χ2v) is 13.9. The lowest BCUT2D eigenvalue weighted by atomic mass is 9.78. The number of halogens is 3. The van der Waals surface area contributed by atoms with Gasteiger partial charge in [0.25, 0.3) is 11.5 Å². The molecule has 0 saturated carbocycles. The molecule has 15 heteroatoms. The number of pyridine rings is 1. The van der Waals surface area contributed by atoms with Gasteiger partial charge in [-0.2, -0.15) is 0 Å². The molecule has 0 spiro atoms. The number of piperidine rings is 2. The van der Waals surface area contributed by atoms with Crippen molar-refractivity contribution in [3.63, 3.8) is 0 Å². The first-order valence-electron chi connectivity index (χ1n) is 17.6. The van der Waals surface area contributed by atoms with Crippen molar-refractivity contribution in [1.82, 2.24) is 34.3 Å². The smallest absolute Gasteiger partial charge is 0.295 e. The molecule has 3 aromatic heterocycles. The van der Waals surface area contributed by atoms with E-state index in [4.69, 9.17) is 15.5 Å². The Morgan fingerprint density at radius 3 is 2.52 bits per heavy atom. The average Bonchev–Trinajstić information content (AvgIpc) is 3.17. The lowest BCUT2D eigenvalue weighted by Gasteiger charge is -2.46. The molecule has 3 N–H and O–H groups in total. The Bertz CT molecular complexity index is 2170. The van der Waals surface area contributed by atoms with E-state index in [0.717, 1.165) is 50.4 Å². The SMILES string of the molecule is Cc1ccc(-c2nccc(CN3CC[C@@H](C(=O)N4CC[C@](O)(Cn5cnc(Oc6ccc(F)cc6)c(N)c5=O)C(F)(F)C4)[C@H](c4ccccc4)C3)n2)cn1. The minimum atomic E-state index is -3.78. The molecule has 54 heavy (non-hydrogen) atoms. The molecule has 0 unspecified atom stereocenters. The van der Waals surface area contributed by atoms with Crippen LogP contribution in [0.25, 0.3) is 11.4 Å². The molecule has 2 aromatic carbocycles. The number of hydrogen-bond acceptors (Lipinski definition) is 10. The van der Waals surface area contributed by atoms with Gasteiger partial charge in [0, 0.05) is 61.5 Å². The van der Waals surface area contributed by atoms with Crippen LogP contribution < -0.4 is 16.0 Å². The number of nitrogen functional groups attached to an aromatic ring is 1. The number of anilines is 1. The number of nitrogens with zero attached hydrogens (tertiary/aromatic N) is 7. The standard InChI is InChI=1S/C39H39F3N8O4/c1-25-7-8-27(19-45-25)34-44-16-13-29(47-34)20-48-17-14-31(32(21-48)26-5-3-2-4-6-26)36(51)49-18-15-38(53,39(41,42)23-49)22-50-24-46-35(33(43)37(50)52)54-30-11-9-28(40)10-12-30/h2-13,16,19,24,31-32,53H,14-15,17-18,20-23,43H2,1H3/t31-,32+,38+/m1/s1. The lowest BCUT2D eigenvalue weighted by Crippen LogP contribution is -2.64. The summed E-state index contributed by atoms with van der Waals surface area (Å²) in [5.41, 5.74) is 5.32. The number of aliphatic hydroxyl groups is 1. The number of amides is 1. The van der Waals surface area contributed by atoms with Crippen molar-refractivity contribution in [3.05, 3.63) is 125 Å². The largest absolute Gasteiger partial charge is 0.437 e. The zero-order chi connectivity index (χ0) is 38.0. The molecule has 1 amide bonds. The predicted octanol–water partition coefficient (Wildman–Crippen LogP) is 4.82. The Morgan fingerprint density at radius 1 is 1.02 bits per heavy atom. The zero-order valence-corrected chi connectivity index (χ0v) is 29.5. The molecule has 2 aliphatic rings. The van der Waals surface area contributed by atoms with Crippen molar-refractivity contribution < 1.29 is 27.8 Å². The van der Waals surface area contributed by atoms with E-state index >= 15 is 8.78 Å². The number of hydrogen-bond donors (Lipinski definition) is 2. The van der Waals surface area contributed by atoms with Crippen LogP contribution in [0.4, 0.5) is 18.9 Å².